The molecular formula is C17H17N5O. The average molecular weight is 307 g/mol. The van der Waals surface area contributed by atoms with Gasteiger partial charge in [0.05, 0.1) is 18.5 Å². The molecule has 3 aromatic rings. The van der Waals surface area contributed by atoms with Crippen molar-refractivity contribution in [3.63, 3.8) is 0 Å². The summed E-state index contributed by atoms with van der Waals surface area (Å²) in [6.45, 7) is 4.09. The maximum absolute atomic E-state index is 5.81. The molecule has 0 spiro atoms. The van der Waals surface area contributed by atoms with Gasteiger partial charge in [0.1, 0.15) is 0 Å². The average Bonchev–Trinajstić information content (AvgIpc) is 2.55. The molecule has 2 heterocycles. The van der Waals surface area contributed by atoms with E-state index in [2.05, 4.69) is 20.2 Å². The first-order valence-electron chi connectivity index (χ1n) is 7.17. The Hall–Kier alpha value is -3.02. The maximum Gasteiger partial charge on any atom is 0.233 e. The normalized spacial score (nSPS) is 10.6. The van der Waals surface area contributed by atoms with Gasteiger partial charge in [-0.2, -0.15) is 0 Å². The lowest BCUT2D eigenvalue weighted by molar-refractivity contribution is 0.392. The number of nitrogen functional groups attached to an aromatic ring is 1. The molecule has 116 valence electrons. The number of methoxy groups -OCH3 is 1. The topological polar surface area (TPSA) is 86.8 Å². The Morgan fingerprint density at radius 3 is 2.35 bits per heavy atom. The van der Waals surface area contributed by atoms with Gasteiger partial charge in [-0.25, -0.2) is 9.97 Å². The van der Waals surface area contributed by atoms with Crippen molar-refractivity contribution in [3.05, 3.63) is 47.7 Å². The van der Waals surface area contributed by atoms with Crippen molar-refractivity contribution in [2.24, 2.45) is 0 Å². The van der Waals surface area contributed by atoms with Gasteiger partial charge in [0, 0.05) is 23.4 Å². The van der Waals surface area contributed by atoms with Gasteiger partial charge in [-0.05, 0) is 31.0 Å². The van der Waals surface area contributed by atoms with Crippen molar-refractivity contribution < 1.29 is 4.74 Å². The molecule has 3 rings (SSSR count). The van der Waals surface area contributed by atoms with E-state index in [1.165, 1.54) is 0 Å². The second kappa shape index (κ2) is 6.00. The largest absolute Gasteiger partial charge is 0.480 e. The Morgan fingerprint density at radius 2 is 1.74 bits per heavy atom. The van der Waals surface area contributed by atoms with Crippen molar-refractivity contribution in [2.45, 2.75) is 13.8 Å². The lowest BCUT2D eigenvalue weighted by Crippen LogP contribution is -2.02. The molecule has 1 aromatic carbocycles. The molecule has 6 heteroatoms. The number of nitrogens with zero attached hydrogens (tertiary/aromatic N) is 4. The van der Waals surface area contributed by atoms with Crippen LogP contribution in [0.15, 0.2) is 36.5 Å². The second-order valence-electron chi connectivity index (χ2n) is 5.22. The molecule has 6 nitrogen and oxygen atoms in total. The molecule has 23 heavy (non-hydrogen) atoms. The zero-order valence-electron chi connectivity index (χ0n) is 13.2. The lowest BCUT2D eigenvalue weighted by Gasteiger charge is -2.13. The minimum atomic E-state index is 0.230. The molecule has 2 aromatic heterocycles. The molecule has 0 fully saturated rings. The van der Waals surface area contributed by atoms with Crippen molar-refractivity contribution in [2.75, 3.05) is 12.8 Å². The Kier molecular flexibility index (Phi) is 3.89. The first kappa shape index (κ1) is 14.9. The number of ether oxygens (including phenoxy) is 1. The molecule has 0 bridgehead atoms. The van der Waals surface area contributed by atoms with E-state index in [1.54, 1.807) is 19.4 Å². The molecule has 0 atom stereocenters. The van der Waals surface area contributed by atoms with Crippen LogP contribution in [0.1, 0.15) is 11.1 Å². The van der Waals surface area contributed by atoms with Gasteiger partial charge in [0.25, 0.3) is 0 Å². The SMILES string of the molecule is COc1ccc(-c2cnc(N)nc2-c2c(C)cccc2C)nn1. The summed E-state index contributed by atoms with van der Waals surface area (Å²) < 4.78 is 5.05. The summed E-state index contributed by atoms with van der Waals surface area (Å²) >= 11 is 0. The van der Waals surface area contributed by atoms with E-state index in [9.17, 15) is 0 Å². The molecule has 0 unspecified atom stereocenters. The molecule has 0 saturated heterocycles. The van der Waals surface area contributed by atoms with Gasteiger partial charge in [-0.15, -0.1) is 10.2 Å². The van der Waals surface area contributed by atoms with E-state index < -0.39 is 0 Å². The highest BCUT2D eigenvalue weighted by molar-refractivity contribution is 5.82. The number of nitrogens with two attached hydrogens (primary N) is 1. The highest BCUT2D eigenvalue weighted by atomic mass is 16.5. The molecule has 0 aliphatic rings. The van der Waals surface area contributed by atoms with E-state index in [0.29, 0.717) is 11.6 Å². The van der Waals surface area contributed by atoms with Crippen LogP contribution in [0.3, 0.4) is 0 Å². The van der Waals surface area contributed by atoms with Crippen LogP contribution in [0, 0.1) is 13.8 Å². The van der Waals surface area contributed by atoms with Crippen LogP contribution in [0.5, 0.6) is 5.88 Å². The van der Waals surface area contributed by atoms with Crippen molar-refractivity contribution in [3.8, 4) is 28.4 Å². The van der Waals surface area contributed by atoms with E-state index >= 15 is 0 Å². The number of benzene rings is 1. The second-order valence-corrected chi connectivity index (χ2v) is 5.22. The van der Waals surface area contributed by atoms with Gasteiger partial charge in [0.15, 0.2) is 0 Å². The zero-order valence-corrected chi connectivity index (χ0v) is 13.2. The fraction of sp³-hybridized carbons (Fsp3) is 0.176. The van der Waals surface area contributed by atoms with Crippen LogP contribution < -0.4 is 10.5 Å². The molecular weight excluding hydrogens is 290 g/mol. The molecule has 0 amide bonds. The van der Waals surface area contributed by atoms with Gasteiger partial charge in [-0.1, -0.05) is 18.2 Å². The summed E-state index contributed by atoms with van der Waals surface area (Å²) in [7, 11) is 1.55. The minimum Gasteiger partial charge on any atom is -0.480 e. The van der Waals surface area contributed by atoms with Gasteiger partial charge in [-0.3, -0.25) is 0 Å². The van der Waals surface area contributed by atoms with E-state index in [4.69, 9.17) is 10.5 Å². The number of rotatable bonds is 3. The van der Waals surface area contributed by atoms with Crippen LogP contribution in [0.2, 0.25) is 0 Å². The Balaban J connectivity index is 2.22. The van der Waals surface area contributed by atoms with Crippen molar-refractivity contribution in [1.29, 1.82) is 0 Å². The molecule has 0 saturated carbocycles. The van der Waals surface area contributed by atoms with Crippen LogP contribution in [-0.4, -0.2) is 27.3 Å². The van der Waals surface area contributed by atoms with Crippen LogP contribution in [-0.2, 0) is 0 Å². The molecule has 2 N–H and O–H groups in total. The van der Waals surface area contributed by atoms with Gasteiger partial charge >= 0.3 is 0 Å². The van der Waals surface area contributed by atoms with Crippen LogP contribution >= 0.6 is 0 Å². The number of aromatic nitrogens is 4. The lowest BCUT2D eigenvalue weighted by atomic mass is 9.96. The standard InChI is InChI=1S/C17H17N5O/c1-10-5-4-6-11(2)15(10)16-12(9-19-17(18)20-16)13-7-8-14(23-3)22-21-13/h4-9H,1-3H3,(H2,18,19,20). The summed E-state index contributed by atoms with van der Waals surface area (Å²) in [4.78, 5) is 8.56. The van der Waals surface area contributed by atoms with Crippen LogP contribution in [0.25, 0.3) is 22.5 Å². The smallest absolute Gasteiger partial charge is 0.233 e. The quantitative estimate of drug-likeness (QED) is 0.800. The minimum absolute atomic E-state index is 0.230. The monoisotopic (exact) mass is 307 g/mol. The van der Waals surface area contributed by atoms with E-state index in [0.717, 1.165) is 27.9 Å². The predicted octanol–water partition coefficient (Wildman–Crippen LogP) is 2.81. The summed E-state index contributed by atoms with van der Waals surface area (Å²) in [5.41, 5.74) is 11.3. The van der Waals surface area contributed by atoms with E-state index in [1.807, 2.05) is 38.1 Å². The fourth-order valence-corrected chi connectivity index (χ4v) is 2.53. The predicted molar refractivity (Wildman–Crippen MR) is 88.9 cm³/mol. The first-order chi connectivity index (χ1) is 11.1. The Bertz CT molecular complexity index is 826. The third-order valence-electron chi connectivity index (χ3n) is 3.65. The fourth-order valence-electron chi connectivity index (χ4n) is 2.53. The summed E-state index contributed by atoms with van der Waals surface area (Å²) in [6, 6.07) is 9.70. The number of hydrogen-bond donors (Lipinski definition) is 1. The summed E-state index contributed by atoms with van der Waals surface area (Å²) in [5, 5.41) is 8.22. The third kappa shape index (κ3) is 2.83. The van der Waals surface area contributed by atoms with Gasteiger partial charge in [0.2, 0.25) is 11.8 Å². The van der Waals surface area contributed by atoms with E-state index in [-0.39, 0.29) is 5.95 Å². The zero-order chi connectivity index (χ0) is 16.4. The number of hydrogen-bond acceptors (Lipinski definition) is 6. The summed E-state index contributed by atoms with van der Waals surface area (Å²) in [5.74, 6) is 0.687. The molecule has 0 aliphatic carbocycles. The highest BCUT2D eigenvalue weighted by Crippen LogP contribution is 2.33. The van der Waals surface area contributed by atoms with Gasteiger partial charge < -0.3 is 10.5 Å². The highest BCUT2D eigenvalue weighted by Gasteiger charge is 2.16. The summed E-state index contributed by atoms with van der Waals surface area (Å²) in [6.07, 6.45) is 1.68. The van der Waals surface area contributed by atoms with Crippen LogP contribution in [0.4, 0.5) is 5.95 Å². The molecule has 0 radical (unpaired) electrons. The molecule has 0 aliphatic heterocycles. The Labute approximate surface area is 134 Å². The van der Waals surface area contributed by atoms with Crippen molar-refractivity contribution >= 4 is 5.95 Å². The van der Waals surface area contributed by atoms with Crippen molar-refractivity contribution in [1.82, 2.24) is 20.2 Å². The maximum atomic E-state index is 5.81. The first-order valence-corrected chi connectivity index (χ1v) is 7.17. The third-order valence-corrected chi connectivity index (χ3v) is 3.65. The number of aryl methyl sites for hydroxylation is 2. The Morgan fingerprint density at radius 1 is 1.00 bits per heavy atom. The number of anilines is 1.